The van der Waals surface area contributed by atoms with Crippen LogP contribution in [0.25, 0.3) is 0 Å². The molecule has 2 N–H and O–H groups in total. The Bertz CT molecular complexity index is 563. The van der Waals surface area contributed by atoms with Gasteiger partial charge in [-0.05, 0) is 23.8 Å². The molecule has 1 aromatic heterocycles. The molecule has 2 aromatic rings. The Balaban J connectivity index is 1.66. The van der Waals surface area contributed by atoms with Crippen molar-refractivity contribution in [2.75, 3.05) is 20.2 Å². The largest absolute Gasteiger partial charge is 0.492 e. The molecule has 0 aliphatic heterocycles. The van der Waals surface area contributed by atoms with Crippen molar-refractivity contribution in [3.05, 3.63) is 54.4 Å². The molecule has 0 aliphatic carbocycles. The topological polar surface area (TPSA) is 50.6 Å². The van der Waals surface area contributed by atoms with Crippen molar-refractivity contribution in [2.24, 2.45) is 12.0 Å². The summed E-state index contributed by atoms with van der Waals surface area (Å²) in [5.74, 6) is 1.65. The fraction of sp³-hybridized carbons (Fsp3) is 0.312. The van der Waals surface area contributed by atoms with E-state index in [4.69, 9.17) is 4.74 Å². The molecule has 1 heterocycles. The first kappa shape index (κ1) is 15.0. The third-order valence-corrected chi connectivity index (χ3v) is 2.98. The molecule has 0 saturated carbocycles. The van der Waals surface area contributed by atoms with Gasteiger partial charge in [0.2, 0.25) is 0 Å². The van der Waals surface area contributed by atoms with Gasteiger partial charge in [-0.2, -0.15) is 0 Å². The molecule has 0 aliphatic rings. The van der Waals surface area contributed by atoms with E-state index < -0.39 is 0 Å². The molecule has 0 spiro atoms. The highest BCUT2D eigenvalue weighted by Crippen LogP contribution is 2.07. The Morgan fingerprint density at radius 2 is 2.00 bits per heavy atom. The van der Waals surface area contributed by atoms with E-state index in [9.17, 15) is 0 Å². The number of nitrogens with one attached hydrogen (secondary N) is 2. The van der Waals surface area contributed by atoms with Gasteiger partial charge in [-0.3, -0.25) is 4.99 Å². The lowest BCUT2D eigenvalue weighted by molar-refractivity contribution is 0.322. The summed E-state index contributed by atoms with van der Waals surface area (Å²) < 4.78 is 7.65. The van der Waals surface area contributed by atoms with Gasteiger partial charge >= 0.3 is 0 Å². The molecule has 5 nitrogen and oxygen atoms in total. The minimum atomic E-state index is 0.593. The molecule has 21 heavy (non-hydrogen) atoms. The van der Waals surface area contributed by atoms with E-state index >= 15 is 0 Å². The lowest BCUT2D eigenvalue weighted by atomic mass is 10.3. The molecule has 2 rings (SSSR count). The molecule has 0 atom stereocenters. The quantitative estimate of drug-likeness (QED) is 0.483. The number of benzene rings is 1. The van der Waals surface area contributed by atoms with Gasteiger partial charge in [0.1, 0.15) is 12.4 Å². The molecule has 1 aromatic carbocycles. The van der Waals surface area contributed by atoms with E-state index in [-0.39, 0.29) is 0 Å². The summed E-state index contributed by atoms with van der Waals surface area (Å²) in [6, 6.07) is 11.9. The molecular formula is C16H22N4O. The van der Waals surface area contributed by atoms with Crippen molar-refractivity contribution in [1.82, 2.24) is 15.2 Å². The van der Waals surface area contributed by atoms with Crippen LogP contribution in [0.5, 0.6) is 5.75 Å². The van der Waals surface area contributed by atoms with Crippen LogP contribution in [0.4, 0.5) is 0 Å². The number of aromatic nitrogens is 1. The fourth-order valence-corrected chi connectivity index (χ4v) is 1.93. The fourth-order valence-electron chi connectivity index (χ4n) is 1.93. The third-order valence-electron chi connectivity index (χ3n) is 2.98. The van der Waals surface area contributed by atoms with Crippen molar-refractivity contribution in [1.29, 1.82) is 0 Å². The van der Waals surface area contributed by atoms with Crippen molar-refractivity contribution in [2.45, 2.75) is 6.54 Å². The lowest BCUT2D eigenvalue weighted by Crippen LogP contribution is -2.38. The van der Waals surface area contributed by atoms with Crippen molar-refractivity contribution in [3.63, 3.8) is 0 Å². The van der Waals surface area contributed by atoms with E-state index in [1.165, 1.54) is 5.56 Å². The van der Waals surface area contributed by atoms with Crippen LogP contribution in [-0.2, 0) is 13.6 Å². The smallest absolute Gasteiger partial charge is 0.191 e. The Morgan fingerprint density at radius 1 is 1.19 bits per heavy atom. The maximum absolute atomic E-state index is 5.62. The average Bonchev–Trinajstić information content (AvgIpc) is 2.93. The summed E-state index contributed by atoms with van der Waals surface area (Å²) in [5.41, 5.74) is 1.22. The van der Waals surface area contributed by atoms with Crippen LogP contribution in [0, 0.1) is 0 Å². The average molecular weight is 286 g/mol. The lowest BCUT2D eigenvalue weighted by Gasteiger charge is -2.12. The summed E-state index contributed by atoms with van der Waals surface area (Å²) in [4.78, 5) is 4.19. The van der Waals surface area contributed by atoms with Crippen molar-refractivity contribution < 1.29 is 4.74 Å². The Morgan fingerprint density at radius 3 is 2.67 bits per heavy atom. The highest BCUT2D eigenvalue weighted by Gasteiger charge is 1.99. The molecule has 0 bridgehead atoms. The van der Waals surface area contributed by atoms with Gasteiger partial charge in [0, 0.05) is 33.0 Å². The van der Waals surface area contributed by atoms with Gasteiger partial charge < -0.3 is 19.9 Å². The van der Waals surface area contributed by atoms with E-state index in [0.717, 1.165) is 18.3 Å². The highest BCUT2D eigenvalue weighted by molar-refractivity contribution is 5.79. The van der Waals surface area contributed by atoms with Gasteiger partial charge in [0.15, 0.2) is 5.96 Å². The Hall–Kier alpha value is -2.43. The number of aliphatic imine (C=N–C) groups is 1. The highest BCUT2D eigenvalue weighted by atomic mass is 16.5. The number of rotatable bonds is 6. The van der Waals surface area contributed by atoms with Gasteiger partial charge in [0.25, 0.3) is 0 Å². The minimum Gasteiger partial charge on any atom is -0.492 e. The summed E-state index contributed by atoms with van der Waals surface area (Å²) >= 11 is 0. The standard InChI is InChI=1S/C16H22N4O/c1-17-16(19-12-14-8-10-20(2)13-14)18-9-11-21-15-6-4-3-5-7-15/h3-8,10,13H,9,11-12H2,1-2H3,(H2,17,18,19). The van der Waals surface area contributed by atoms with E-state index in [0.29, 0.717) is 13.2 Å². The molecule has 5 heteroatoms. The number of aryl methyl sites for hydroxylation is 1. The molecular weight excluding hydrogens is 264 g/mol. The van der Waals surface area contributed by atoms with E-state index in [2.05, 4.69) is 27.9 Å². The van der Waals surface area contributed by atoms with Crippen LogP contribution < -0.4 is 15.4 Å². The second-order valence-corrected chi connectivity index (χ2v) is 4.70. The Kier molecular flexibility index (Phi) is 5.70. The van der Waals surface area contributed by atoms with E-state index in [1.54, 1.807) is 7.05 Å². The van der Waals surface area contributed by atoms with Crippen LogP contribution in [0.1, 0.15) is 5.56 Å². The van der Waals surface area contributed by atoms with Crippen molar-refractivity contribution >= 4 is 5.96 Å². The van der Waals surface area contributed by atoms with Crippen LogP contribution in [0.3, 0.4) is 0 Å². The predicted octanol–water partition coefficient (Wildman–Crippen LogP) is 1.77. The maximum atomic E-state index is 5.62. The zero-order valence-corrected chi connectivity index (χ0v) is 12.5. The van der Waals surface area contributed by atoms with Gasteiger partial charge in [-0.15, -0.1) is 0 Å². The van der Waals surface area contributed by atoms with Crippen LogP contribution in [0.15, 0.2) is 53.8 Å². The van der Waals surface area contributed by atoms with Crippen LogP contribution in [-0.4, -0.2) is 30.7 Å². The van der Waals surface area contributed by atoms with Gasteiger partial charge in [-0.1, -0.05) is 18.2 Å². The zero-order valence-electron chi connectivity index (χ0n) is 12.5. The number of hydrogen-bond donors (Lipinski definition) is 2. The number of ether oxygens (including phenoxy) is 1. The van der Waals surface area contributed by atoms with Crippen molar-refractivity contribution in [3.8, 4) is 5.75 Å². The zero-order chi connectivity index (χ0) is 14.9. The van der Waals surface area contributed by atoms with Gasteiger partial charge in [0.05, 0.1) is 6.54 Å². The monoisotopic (exact) mass is 286 g/mol. The summed E-state index contributed by atoms with van der Waals surface area (Å²) in [6.07, 6.45) is 4.11. The first-order chi connectivity index (χ1) is 10.3. The second-order valence-electron chi connectivity index (χ2n) is 4.70. The van der Waals surface area contributed by atoms with Gasteiger partial charge in [-0.25, -0.2) is 0 Å². The molecule has 0 fully saturated rings. The summed E-state index contributed by atoms with van der Waals surface area (Å²) in [6.45, 7) is 2.04. The molecule has 112 valence electrons. The molecule has 0 amide bonds. The molecule has 0 unspecified atom stereocenters. The SMILES string of the molecule is CN=C(NCCOc1ccccc1)NCc1ccn(C)c1. The third kappa shape index (κ3) is 5.22. The normalized spacial score (nSPS) is 11.2. The van der Waals surface area contributed by atoms with Crippen LogP contribution >= 0.6 is 0 Å². The predicted molar refractivity (Wildman–Crippen MR) is 85.6 cm³/mol. The maximum Gasteiger partial charge on any atom is 0.191 e. The molecule has 0 saturated heterocycles. The van der Waals surface area contributed by atoms with E-state index in [1.807, 2.05) is 48.1 Å². The Labute approximate surface area is 125 Å². The summed E-state index contributed by atoms with van der Waals surface area (Å²) in [5, 5.41) is 6.49. The first-order valence-electron chi connectivity index (χ1n) is 7.01. The van der Waals surface area contributed by atoms with Crippen LogP contribution in [0.2, 0.25) is 0 Å². The summed E-state index contributed by atoms with van der Waals surface area (Å²) in [7, 11) is 3.77. The number of nitrogens with zero attached hydrogens (tertiary/aromatic N) is 2. The number of guanidine groups is 1. The second kappa shape index (κ2) is 7.99. The number of hydrogen-bond acceptors (Lipinski definition) is 2. The first-order valence-corrected chi connectivity index (χ1v) is 7.01. The minimum absolute atomic E-state index is 0.593. The molecule has 0 radical (unpaired) electrons. The number of para-hydroxylation sites is 1.